The number of nitrogens with one attached hydrogen (secondary N) is 1. The Balaban J connectivity index is 0.000000227. The van der Waals surface area contributed by atoms with Crippen LogP contribution in [0.15, 0.2) is 60.7 Å². The number of rotatable bonds is 14. The Morgan fingerprint density at radius 1 is 0.590 bits per heavy atom. The predicted octanol–water partition coefficient (Wildman–Crippen LogP) is 12.6. The van der Waals surface area contributed by atoms with Gasteiger partial charge in [0.15, 0.2) is 5.78 Å². The average Bonchev–Trinajstić information content (AvgIpc) is 4.20. The number of piperidine rings is 2. The largest absolute Gasteiger partial charge is 0.342 e. The topological polar surface area (TPSA) is 102 Å². The summed E-state index contributed by atoms with van der Waals surface area (Å²) in [5.41, 5.74) is 15.9. The summed E-state index contributed by atoms with van der Waals surface area (Å²) in [7, 11) is 0. The summed E-state index contributed by atoms with van der Waals surface area (Å²) in [6.07, 6.45) is 5.84. The molecule has 1 unspecified atom stereocenters. The van der Waals surface area contributed by atoms with Crippen LogP contribution in [0.25, 0.3) is 0 Å². The van der Waals surface area contributed by atoms with Crippen LogP contribution in [-0.4, -0.2) is 114 Å². The first-order chi connectivity index (χ1) is 36.8. The van der Waals surface area contributed by atoms with E-state index in [9.17, 15) is 31.9 Å². The van der Waals surface area contributed by atoms with Crippen molar-refractivity contribution in [2.75, 3.05) is 65.4 Å². The summed E-state index contributed by atoms with van der Waals surface area (Å²) in [4.78, 5) is 49.0. The van der Waals surface area contributed by atoms with E-state index in [0.717, 1.165) is 73.9 Å². The third-order valence-electron chi connectivity index (χ3n) is 17.9. The van der Waals surface area contributed by atoms with Gasteiger partial charge in [-0.1, -0.05) is 44.2 Å². The minimum absolute atomic E-state index is 0.0452. The van der Waals surface area contributed by atoms with Gasteiger partial charge in [-0.05, 0) is 201 Å². The molecule has 2 amide bonds. The van der Waals surface area contributed by atoms with Gasteiger partial charge in [0.1, 0.15) is 23.3 Å². The maximum Gasteiger partial charge on any atom is 0.227 e. The van der Waals surface area contributed by atoms with Crippen molar-refractivity contribution >= 4 is 17.6 Å². The molecule has 8 rings (SSSR count). The smallest absolute Gasteiger partial charge is 0.227 e. The van der Waals surface area contributed by atoms with E-state index < -0.39 is 23.3 Å². The van der Waals surface area contributed by atoms with Crippen molar-refractivity contribution in [2.45, 2.75) is 169 Å². The Morgan fingerprint density at radius 3 is 1.42 bits per heavy atom. The first-order valence-electron chi connectivity index (χ1n) is 29.0. The van der Waals surface area contributed by atoms with E-state index in [1.165, 1.54) is 52.1 Å². The van der Waals surface area contributed by atoms with E-state index in [1.54, 1.807) is 0 Å². The summed E-state index contributed by atoms with van der Waals surface area (Å²) >= 11 is 0. The van der Waals surface area contributed by atoms with Crippen LogP contribution < -0.4 is 11.1 Å². The van der Waals surface area contributed by atoms with Crippen LogP contribution in [0.3, 0.4) is 0 Å². The van der Waals surface area contributed by atoms with Crippen molar-refractivity contribution in [3.63, 3.8) is 0 Å². The molecule has 4 heterocycles. The van der Waals surface area contributed by atoms with Crippen LogP contribution in [-0.2, 0) is 9.59 Å². The maximum absolute atomic E-state index is 14.9. The zero-order chi connectivity index (χ0) is 57.0. The van der Waals surface area contributed by atoms with Gasteiger partial charge in [-0.15, -0.1) is 0 Å². The van der Waals surface area contributed by atoms with E-state index in [-0.39, 0.29) is 64.3 Å². The Kier molecular flexibility index (Phi) is 20.0. The quantitative estimate of drug-likeness (QED) is 0.0737. The third-order valence-corrected chi connectivity index (χ3v) is 17.9. The number of nitrogens with zero attached hydrogens (tertiary/aromatic N) is 4. The van der Waals surface area contributed by atoms with Crippen molar-refractivity contribution in [3.8, 4) is 0 Å². The highest BCUT2D eigenvalue weighted by atomic mass is 19.1. The molecule has 0 aromatic heterocycles. The summed E-state index contributed by atoms with van der Waals surface area (Å²) < 4.78 is 57.1. The van der Waals surface area contributed by atoms with E-state index in [4.69, 9.17) is 5.73 Å². The van der Waals surface area contributed by atoms with Crippen LogP contribution in [0.5, 0.6) is 0 Å². The second kappa shape index (κ2) is 25.7. The molecule has 4 saturated heterocycles. The maximum atomic E-state index is 14.9. The Labute approximate surface area is 464 Å². The molecule has 0 radical (unpaired) electrons. The van der Waals surface area contributed by atoms with Crippen LogP contribution in [0.1, 0.15) is 190 Å². The lowest BCUT2D eigenvalue weighted by Gasteiger charge is -2.36. The summed E-state index contributed by atoms with van der Waals surface area (Å²) in [6, 6.07) is 16.7. The number of benzene rings is 4. The lowest BCUT2D eigenvalue weighted by atomic mass is 9.81. The second-order valence-electron chi connectivity index (χ2n) is 25.0. The molecular weight excluding hydrogens is 989 g/mol. The minimum Gasteiger partial charge on any atom is -0.342 e. The molecule has 0 aliphatic carbocycles. The molecular formula is C65H90F4N6O3. The molecule has 13 heteroatoms. The van der Waals surface area contributed by atoms with Gasteiger partial charge in [0.25, 0.3) is 0 Å². The van der Waals surface area contributed by atoms with Gasteiger partial charge in [-0.3, -0.25) is 24.2 Å². The van der Waals surface area contributed by atoms with Gasteiger partial charge in [0.2, 0.25) is 11.8 Å². The highest BCUT2D eigenvalue weighted by Gasteiger charge is 2.47. The van der Waals surface area contributed by atoms with Gasteiger partial charge >= 0.3 is 0 Å². The van der Waals surface area contributed by atoms with Gasteiger partial charge in [0, 0.05) is 105 Å². The van der Waals surface area contributed by atoms with Crippen molar-refractivity contribution in [1.82, 2.24) is 24.9 Å². The monoisotopic (exact) mass is 1080 g/mol. The summed E-state index contributed by atoms with van der Waals surface area (Å²) in [5.74, 6) is -2.76. The standard InChI is InChI=1S/C34H50F2N4O.C31H40F2N2O2/c1-7-32(38-14-8-13-37)28-18-23(3)22(2)17-27(28)24-11-15-39(16-12-24)33(41)30-21-40(34(4,5)6)20-29(30)26-10-9-25(35)19-31(26)36;1-7-29(36)25-15-20(3)19(2)14-24(25)21-10-12-34(13-11-21)30(37)27-18-35(31(4,5)6)17-26(27)23-9-8-22(32)16-28(23)33/h9-10,17-19,24,29-30,32,38H,7-8,11-16,20-21,37H2,1-6H3;8-9,14-16,21,26-27H,7,10-13,17-18H2,1-6H3/t29-,30+,32?;26-,27+/m00/s1. The van der Waals surface area contributed by atoms with Crippen LogP contribution in [0.4, 0.5) is 17.6 Å². The number of hydrogen-bond donors (Lipinski definition) is 2. The van der Waals surface area contributed by atoms with Gasteiger partial charge in [-0.25, -0.2) is 17.6 Å². The number of nitrogens with two attached hydrogens (primary N) is 1. The number of carbonyl (C=O) groups is 3. The lowest BCUT2D eigenvalue weighted by molar-refractivity contribution is -0.137. The number of hydrogen-bond acceptors (Lipinski definition) is 7. The molecule has 0 bridgehead atoms. The highest BCUT2D eigenvalue weighted by Crippen LogP contribution is 2.43. The number of ketones is 1. The average molecular weight is 1080 g/mol. The highest BCUT2D eigenvalue weighted by molar-refractivity contribution is 5.97. The summed E-state index contributed by atoms with van der Waals surface area (Å²) in [5, 5.41) is 3.72. The van der Waals surface area contributed by atoms with E-state index in [1.807, 2.05) is 29.7 Å². The lowest BCUT2D eigenvalue weighted by Crippen LogP contribution is -2.44. The number of amides is 2. The number of carbonyl (C=O) groups excluding carboxylic acids is 3. The number of Topliss-reactive ketones (excluding diaryl/α,β-unsaturated/α-hetero) is 1. The number of halogens is 4. The molecule has 78 heavy (non-hydrogen) atoms. The van der Waals surface area contributed by atoms with E-state index in [0.29, 0.717) is 82.4 Å². The van der Waals surface area contributed by atoms with E-state index >= 15 is 0 Å². The zero-order valence-corrected chi connectivity index (χ0v) is 48.9. The molecule has 4 fully saturated rings. The summed E-state index contributed by atoms with van der Waals surface area (Å²) in [6.45, 7) is 31.7. The molecule has 4 aliphatic heterocycles. The fourth-order valence-electron chi connectivity index (χ4n) is 12.7. The Bertz CT molecular complexity index is 2750. The molecule has 4 aromatic rings. The fourth-order valence-corrected chi connectivity index (χ4v) is 12.7. The Morgan fingerprint density at radius 2 is 1.01 bits per heavy atom. The minimum atomic E-state index is -0.607. The normalized spacial score (nSPS) is 21.4. The molecule has 0 spiro atoms. The predicted molar refractivity (Wildman–Crippen MR) is 306 cm³/mol. The molecule has 0 saturated carbocycles. The second-order valence-corrected chi connectivity index (χ2v) is 25.0. The Hall–Kier alpha value is -4.95. The molecule has 4 aromatic carbocycles. The molecule has 426 valence electrons. The van der Waals surface area contributed by atoms with E-state index in [2.05, 4.69) is 103 Å². The first kappa shape index (κ1) is 60.7. The van der Waals surface area contributed by atoms with Crippen molar-refractivity contribution < 1.29 is 31.9 Å². The van der Waals surface area contributed by atoms with Gasteiger partial charge in [0.05, 0.1) is 11.8 Å². The van der Waals surface area contributed by atoms with Crippen molar-refractivity contribution in [3.05, 3.63) is 140 Å². The van der Waals surface area contributed by atoms with Crippen molar-refractivity contribution in [2.24, 2.45) is 17.6 Å². The van der Waals surface area contributed by atoms with Gasteiger partial charge in [-0.2, -0.15) is 0 Å². The van der Waals surface area contributed by atoms with Crippen LogP contribution in [0, 0.1) is 62.8 Å². The number of aryl methyl sites for hydroxylation is 4. The SMILES string of the molecule is CCC(=O)c1cc(C)c(C)cc1C1CCN(C(=O)[C@@H]2CN(C(C)(C)C)C[C@H]2c2ccc(F)cc2F)CC1.CCC(NCCCN)c1cc(C)c(C)cc1C1CCN(C(=O)[C@@H]2CN(C(C)(C)C)C[C@H]2c2ccc(F)cc2F)CC1. The fraction of sp³-hybridized carbons (Fsp3) is 0.585. The van der Waals surface area contributed by atoms with Crippen molar-refractivity contribution in [1.29, 1.82) is 0 Å². The molecule has 3 N–H and O–H groups in total. The molecule has 5 atom stereocenters. The zero-order valence-electron chi connectivity index (χ0n) is 48.9. The van der Waals surface area contributed by atoms with Crippen LogP contribution in [0.2, 0.25) is 0 Å². The molecule has 9 nitrogen and oxygen atoms in total. The first-order valence-corrected chi connectivity index (χ1v) is 29.0. The molecule has 4 aliphatic rings. The third kappa shape index (κ3) is 14.0. The number of likely N-dealkylation sites (tertiary alicyclic amines) is 4. The van der Waals surface area contributed by atoms with Gasteiger partial charge < -0.3 is 20.9 Å². The van der Waals surface area contributed by atoms with Crippen LogP contribution >= 0.6 is 0 Å².